The summed E-state index contributed by atoms with van der Waals surface area (Å²) in [7, 11) is 2.21. The molecule has 0 aliphatic carbocycles. The first-order chi connectivity index (χ1) is 20.0. The van der Waals surface area contributed by atoms with Crippen LogP contribution in [-0.4, -0.2) is 63.3 Å². The van der Waals surface area contributed by atoms with Gasteiger partial charge < -0.3 is 19.4 Å². The molecule has 0 N–H and O–H groups in total. The van der Waals surface area contributed by atoms with Crippen molar-refractivity contribution >= 4 is 17.3 Å². The number of rotatable bonds is 15. The van der Waals surface area contributed by atoms with Gasteiger partial charge in [-0.25, -0.2) is 4.39 Å². The molecule has 2 aromatic rings. The SMILES string of the molecule is CCCCCCCCCC(=O)OCC(CCCN1CC[C@H]2[C@@H](C1)c1cccc3c1N2CCN3C)c1ccc(F)cc1. The number of fused-ring (bicyclic) bond motifs is 3. The maximum atomic E-state index is 13.6. The van der Waals surface area contributed by atoms with Gasteiger partial charge in [0.25, 0.3) is 0 Å². The van der Waals surface area contributed by atoms with E-state index in [4.69, 9.17) is 4.74 Å². The third-order valence-corrected chi connectivity index (χ3v) is 9.68. The minimum Gasteiger partial charge on any atom is -0.465 e. The molecule has 3 aliphatic rings. The highest BCUT2D eigenvalue weighted by molar-refractivity contribution is 5.80. The summed E-state index contributed by atoms with van der Waals surface area (Å²) in [6, 6.07) is 14.2. The van der Waals surface area contributed by atoms with E-state index in [1.807, 2.05) is 12.1 Å². The van der Waals surface area contributed by atoms with Gasteiger partial charge in [-0.3, -0.25) is 4.79 Å². The van der Waals surface area contributed by atoms with Gasteiger partial charge in [0.05, 0.1) is 18.0 Å². The lowest BCUT2D eigenvalue weighted by molar-refractivity contribution is -0.144. The number of esters is 1. The molecule has 0 aromatic heterocycles. The molecule has 0 spiro atoms. The summed E-state index contributed by atoms with van der Waals surface area (Å²) in [6.07, 6.45) is 12.0. The van der Waals surface area contributed by atoms with Crippen molar-refractivity contribution in [3.63, 3.8) is 0 Å². The largest absolute Gasteiger partial charge is 0.465 e. The number of carbonyl (C=O) groups excluding carboxylic acids is 1. The van der Waals surface area contributed by atoms with Crippen LogP contribution >= 0.6 is 0 Å². The Morgan fingerprint density at radius 1 is 0.976 bits per heavy atom. The normalized spacial score (nSPS) is 20.6. The zero-order chi connectivity index (χ0) is 28.6. The van der Waals surface area contributed by atoms with E-state index in [2.05, 4.69) is 46.9 Å². The molecule has 1 unspecified atom stereocenters. The fraction of sp³-hybridized carbons (Fsp3) is 0.629. The number of piperidine rings is 1. The smallest absolute Gasteiger partial charge is 0.305 e. The maximum absolute atomic E-state index is 13.6. The van der Waals surface area contributed by atoms with Crippen LogP contribution in [0, 0.1) is 5.82 Å². The lowest BCUT2D eigenvalue weighted by Crippen LogP contribution is -2.49. The van der Waals surface area contributed by atoms with Crippen LogP contribution in [0.1, 0.15) is 101 Å². The Morgan fingerprint density at radius 3 is 2.56 bits per heavy atom. The monoisotopic (exact) mass is 563 g/mol. The number of anilines is 2. The molecule has 3 aliphatic heterocycles. The average molecular weight is 564 g/mol. The van der Waals surface area contributed by atoms with Gasteiger partial charge in [-0.15, -0.1) is 0 Å². The highest BCUT2D eigenvalue weighted by atomic mass is 19.1. The van der Waals surface area contributed by atoms with E-state index in [-0.39, 0.29) is 17.7 Å². The molecule has 0 saturated carbocycles. The number of para-hydroxylation sites is 1. The fourth-order valence-electron chi connectivity index (χ4n) is 7.31. The number of benzene rings is 2. The quantitative estimate of drug-likeness (QED) is 0.166. The summed E-state index contributed by atoms with van der Waals surface area (Å²) in [6.45, 7) is 8.11. The summed E-state index contributed by atoms with van der Waals surface area (Å²) >= 11 is 0. The zero-order valence-corrected chi connectivity index (χ0v) is 25.3. The van der Waals surface area contributed by atoms with Crippen LogP contribution in [0.2, 0.25) is 0 Å². The number of hydrogen-bond acceptors (Lipinski definition) is 5. The average Bonchev–Trinajstić information content (AvgIpc) is 3.30. The lowest BCUT2D eigenvalue weighted by Gasteiger charge is -2.41. The van der Waals surface area contributed by atoms with Gasteiger partial charge in [0.15, 0.2) is 0 Å². The van der Waals surface area contributed by atoms with Crippen LogP contribution in [0.5, 0.6) is 0 Å². The minimum atomic E-state index is -0.226. The van der Waals surface area contributed by atoms with Gasteiger partial charge >= 0.3 is 5.97 Å². The van der Waals surface area contributed by atoms with E-state index >= 15 is 0 Å². The van der Waals surface area contributed by atoms with Gasteiger partial charge in [-0.1, -0.05) is 69.7 Å². The van der Waals surface area contributed by atoms with Gasteiger partial charge in [-0.05, 0) is 61.6 Å². The van der Waals surface area contributed by atoms with Crippen molar-refractivity contribution in [1.29, 1.82) is 0 Å². The topological polar surface area (TPSA) is 36.0 Å². The Labute approximate surface area is 247 Å². The number of likely N-dealkylation sites (tertiary alicyclic amines) is 1. The maximum Gasteiger partial charge on any atom is 0.305 e. The van der Waals surface area contributed by atoms with Crippen LogP contribution in [-0.2, 0) is 9.53 Å². The molecule has 2 aromatic carbocycles. The number of likely N-dealkylation sites (N-methyl/N-ethyl adjacent to an activating group) is 1. The number of nitrogens with zero attached hydrogens (tertiary/aromatic N) is 3. The van der Waals surface area contributed by atoms with Crippen LogP contribution < -0.4 is 9.80 Å². The molecule has 3 atom stereocenters. The Hall–Kier alpha value is -2.60. The third-order valence-electron chi connectivity index (χ3n) is 9.68. The molecule has 6 heteroatoms. The van der Waals surface area contributed by atoms with Crippen molar-refractivity contribution in [2.45, 2.75) is 95.4 Å². The molecule has 0 radical (unpaired) electrons. The summed E-state index contributed by atoms with van der Waals surface area (Å²) in [4.78, 5) is 20.2. The van der Waals surface area contributed by atoms with Gasteiger partial charge in [0.1, 0.15) is 5.82 Å². The second kappa shape index (κ2) is 14.5. The first-order valence-electron chi connectivity index (χ1n) is 16.3. The Bertz CT molecular complexity index is 1120. The molecule has 224 valence electrons. The lowest BCUT2D eigenvalue weighted by atomic mass is 9.88. The summed E-state index contributed by atoms with van der Waals surface area (Å²) in [5.41, 5.74) is 5.45. The first-order valence-corrected chi connectivity index (χ1v) is 16.3. The Morgan fingerprint density at radius 2 is 1.76 bits per heavy atom. The molecule has 5 nitrogen and oxygen atoms in total. The van der Waals surface area contributed by atoms with Gasteiger partial charge in [0.2, 0.25) is 0 Å². The van der Waals surface area contributed by atoms with Crippen LogP contribution in [0.15, 0.2) is 42.5 Å². The van der Waals surface area contributed by atoms with Crippen molar-refractivity contribution < 1.29 is 13.9 Å². The number of unbranched alkanes of at least 4 members (excludes halogenated alkanes) is 6. The predicted octanol–water partition coefficient (Wildman–Crippen LogP) is 7.50. The predicted molar refractivity (Wildman–Crippen MR) is 167 cm³/mol. The van der Waals surface area contributed by atoms with E-state index in [1.54, 1.807) is 0 Å². The fourth-order valence-corrected chi connectivity index (χ4v) is 7.31. The van der Waals surface area contributed by atoms with Crippen molar-refractivity contribution in [2.75, 3.05) is 56.2 Å². The molecular formula is C35H50FN3O2. The van der Waals surface area contributed by atoms with E-state index in [9.17, 15) is 9.18 Å². The summed E-state index contributed by atoms with van der Waals surface area (Å²) in [5.74, 6) is 0.349. The highest BCUT2D eigenvalue weighted by Gasteiger charge is 2.44. The van der Waals surface area contributed by atoms with E-state index in [0.29, 0.717) is 25.0 Å². The van der Waals surface area contributed by atoms with Gasteiger partial charge in [0, 0.05) is 57.5 Å². The van der Waals surface area contributed by atoms with Crippen molar-refractivity contribution in [3.05, 3.63) is 59.4 Å². The molecule has 0 amide bonds. The first kappa shape index (κ1) is 29.9. The van der Waals surface area contributed by atoms with E-state index in [1.165, 1.54) is 67.6 Å². The zero-order valence-electron chi connectivity index (χ0n) is 25.3. The number of hydrogen-bond donors (Lipinski definition) is 0. The molecular weight excluding hydrogens is 513 g/mol. The Kier molecular flexibility index (Phi) is 10.6. The molecule has 5 rings (SSSR count). The van der Waals surface area contributed by atoms with E-state index < -0.39 is 0 Å². The number of halogens is 1. The van der Waals surface area contributed by atoms with Crippen molar-refractivity contribution in [3.8, 4) is 0 Å². The van der Waals surface area contributed by atoms with Crippen LogP contribution in [0.3, 0.4) is 0 Å². The summed E-state index contributed by atoms with van der Waals surface area (Å²) < 4.78 is 19.4. The van der Waals surface area contributed by atoms with Crippen molar-refractivity contribution in [2.24, 2.45) is 0 Å². The Balaban J connectivity index is 1.11. The van der Waals surface area contributed by atoms with Crippen LogP contribution in [0.4, 0.5) is 15.8 Å². The second-order valence-electron chi connectivity index (χ2n) is 12.5. The molecule has 3 heterocycles. The van der Waals surface area contributed by atoms with Crippen molar-refractivity contribution in [1.82, 2.24) is 4.90 Å². The standard InChI is InChI=1S/C35H50FN3O2/c1-3-4-5-6-7-8-9-15-34(40)41-26-28(27-16-18-29(36)19-17-27)12-11-21-38-22-20-32-31(25-38)30-13-10-14-33-35(30)39(32)24-23-37(33)2/h10,13-14,16-19,28,31-32H,3-9,11-12,15,20-26H2,1-2H3/t28?,31-,32-/m0/s1. The van der Waals surface area contributed by atoms with Gasteiger partial charge in [-0.2, -0.15) is 0 Å². The molecule has 41 heavy (non-hydrogen) atoms. The second-order valence-corrected chi connectivity index (χ2v) is 12.5. The number of ether oxygens (including phenoxy) is 1. The number of carbonyl (C=O) groups is 1. The van der Waals surface area contributed by atoms with Crippen LogP contribution in [0.25, 0.3) is 0 Å². The summed E-state index contributed by atoms with van der Waals surface area (Å²) in [5, 5.41) is 0. The molecule has 0 bridgehead atoms. The third kappa shape index (κ3) is 7.43. The molecule has 1 saturated heterocycles. The molecule has 1 fully saturated rings. The minimum absolute atomic E-state index is 0.0976. The highest BCUT2D eigenvalue weighted by Crippen LogP contribution is 2.50. The van der Waals surface area contributed by atoms with E-state index in [0.717, 1.165) is 64.0 Å².